The first-order chi connectivity index (χ1) is 17.1. The van der Waals surface area contributed by atoms with Crippen LogP contribution in [0.15, 0.2) is 0 Å². The van der Waals surface area contributed by atoms with Gasteiger partial charge in [-0.15, -0.1) is 0 Å². The number of rotatable bonds is 27. The molecule has 38 heavy (non-hydrogen) atoms. The van der Waals surface area contributed by atoms with E-state index in [1.165, 1.54) is 154 Å². The molecule has 0 N–H and O–H groups in total. The molecule has 0 saturated carbocycles. The lowest BCUT2D eigenvalue weighted by molar-refractivity contribution is -0.883. The van der Waals surface area contributed by atoms with Crippen LogP contribution < -0.4 is 34.0 Å². The Morgan fingerprint density at radius 3 is 0.763 bits per heavy atom. The molecule has 234 valence electrons. The highest BCUT2D eigenvalue weighted by Gasteiger charge is 2.30. The summed E-state index contributed by atoms with van der Waals surface area (Å²) in [6.45, 7) is 7.32. The van der Waals surface area contributed by atoms with E-state index in [2.05, 4.69) is 56.1 Å². The van der Waals surface area contributed by atoms with Crippen molar-refractivity contribution in [1.29, 1.82) is 0 Å². The first-order valence-electron chi connectivity index (χ1n) is 16.7. The lowest BCUT2D eigenvalue weighted by atomic mass is 9.82. The van der Waals surface area contributed by atoms with Crippen LogP contribution in [0.2, 0.25) is 0 Å². The van der Waals surface area contributed by atoms with E-state index in [0.717, 1.165) is 20.8 Å². The highest BCUT2D eigenvalue weighted by Crippen LogP contribution is 2.29. The Morgan fingerprint density at radius 1 is 0.342 bits per heavy atom. The minimum absolute atomic E-state index is 0. The highest BCUT2D eigenvalue weighted by atomic mass is 79.9. The standard InChI is InChI=1S/C34H74N2.2BrH/c1-9-11-13-15-17-19-21-23-25-27-29-33(31-35(3,4)5)34(32-36(6,7)8)30-28-26-24-22-20-18-16-14-12-10-2;;/h33-34H,9-32H2,1-8H3;2*1H/q+2;;/p-2. The lowest BCUT2D eigenvalue weighted by Gasteiger charge is -2.37. The lowest BCUT2D eigenvalue weighted by Crippen LogP contribution is -3.00. The maximum absolute atomic E-state index is 2.41. The Bertz CT molecular complexity index is 414. The Kier molecular flexibility index (Phi) is 32.0. The van der Waals surface area contributed by atoms with Gasteiger partial charge in [0.15, 0.2) is 0 Å². The molecule has 0 aromatic heterocycles. The summed E-state index contributed by atoms with van der Waals surface area (Å²) < 4.78 is 2.24. The number of quaternary nitrogens is 2. The van der Waals surface area contributed by atoms with E-state index in [9.17, 15) is 0 Å². The van der Waals surface area contributed by atoms with Crippen molar-refractivity contribution in [3.8, 4) is 0 Å². The maximum atomic E-state index is 2.41. The molecule has 2 unspecified atom stereocenters. The largest absolute Gasteiger partial charge is 1.00 e. The molecule has 0 rings (SSSR count). The normalized spacial score (nSPS) is 13.6. The number of nitrogens with zero attached hydrogens (tertiary/aromatic N) is 2. The number of hydrogen-bond donors (Lipinski definition) is 0. The van der Waals surface area contributed by atoms with Crippen LogP contribution in [-0.2, 0) is 0 Å². The molecule has 0 amide bonds. The molecule has 0 radical (unpaired) electrons. The van der Waals surface area contributed by atoms with E-state index in [1.54, 1.807) is 0 Å². The van der Waals surface area contributed by atoms with Gasteiger partial charge in [-0.2, -0.15) is 0 Å². The fourth-order valence-corrected chi connectivity index (χ4v) is 6.15. The van der Waals surface area contributed by atoms with Gasteiger partial charge in [-0.05, 0) is 12.8 Å². The summed E-state index contributed by atoms with van der Waals surface area (Å²) in [4.78, 5) is 0. The molecule has 2 atom stereocenters. The van der Waals surface area contributed by atoms with E-state index in [-0.39, 0.29) is 34.0 Å². The van der Waals surface area contributed by atoms with Crippen molar-refractivity contribution in [3.63, 3.8) is 0 Å². The van der Waals surface area contributed by atoms with Crippen LogP contribution in [-0.4, -0.2) is 64.3 Å². The summed E-state index contributed by atoms with van der Waals surface area (Å²) in [6.07, 6.45) is 31.9. The molecular weight excluding hydrogens is 596 g/mol. The van der Waals surface area contributed by atoms with E-state index in [1.807, 2.05) is 0 Å². The van der Waals surface area contributed by atoms with Gasteiger partial charge in [-0.1, -0.05) is 142 Å². The third kappa shape index (κ3) is 31.4. The highest BCUT2D eigenvalue weighted by molar-refractivity contribution is 4.71. The minimum Gasteiger partial charge on any atom is -1.00 e. The topological polar surface area (TPSA) is 0 Å². The second kappa shape index (κ2) is 28.0. The fourth-order valence-electron chi connectivity index (χ4n) is 6.15. The van der Waals surface area contributed by atoms with Crippen molar-refractivity contribution < 1.29 is 42.9 Å². The van der Waals surface area contributed by atoms with Gasteiger partial charge >= 0.3 is 0 Å². The van der Waals surface area contributed by atoms with Gasteiger partial charge in [-0.25, -0.2) is 0 Å². The predicted octanol–water partition coefficient (Wildman–Crippen LogP) is 4.26. The molecule has 0 aliphatic rings. The zero-order valence-corrected chi connectivity index (χ0v) is 30.9. The zero-order valence-electron chi connectivity index (χ0n) is 27.8. The molecule has 0 saturated heterocycles. The van der Waals surface area contributed by atoms with Crippen molar-refractivity contribution in [2.24, 2.45) is 11.8 Å². The minimum atomic E-state index is 0. The van der Waals surface area contributed by atoms with Crippen LogP contribution in [0.3, 0.4) is 0 Å². The second-order valence-electron chi connectivity index (χ2n) is 14.4. The number of halogens is 2. The number of hydrogen-bond acceptors (Lipinski definition) is 0. The van der Waals surface area contributed by atoms with Crippen LogP contribution in [0.5, 0.6) is 0 Å². The van der Waals surface area contributed by atoms with Gasteiger partial charge < -0.3 is 42.9 Å². The molecule has 0 aromatic rings. The average Bonchev–Trinajstić information content (AvgIpc) is 2.78. The quantitative estimate of drug-likeness (QED) is 0.0906. The van der Waals surface area contributed by atoms with E-state index < -0.39 is 0 Å². The summed E-state index contributed by atoms with van der Waals surface area (Å²) in [7, 11) is 14.5. The molecule has 0 spiro atoms. The van der Waals surface area contributed by atoms with Crippen molar-refractivity contribution >= 4 is 0 Å². The smallest absolute Gasteiger partial charge is 0.0813 e. The van der Waals surface area contributed by atoms with Crippen molar-refractivity contribution in [3.05, 3.63) is 0 Å². The summed E-state index contributed by atoms with van der Waals surface area (Å²) >= 11 is 0. The Hall–Kier alpha value is 0.880. The Labute approximate surface area is 264 Å². The van der Waals surface area contributed by atoms with Gasteiger partial charge in [0.2, 0.25) is 0 Å². The first-order valence-corrected chi connectivity index (χ1v) is 16.7. The molecule has 0 aliphatic carbocycles. The second-order valence-corrected chi connectivity index (χ2v) is 14.4. The van der Waals surface area contributed by atoms with Gasteiger partial charge in [-0.3, -0.25) is 0 Å². The first kappa shape index (κ1) is 43.3. The summed E-state index contributed by atoms with van der Waals surface area (Å²) in [5, 5.41) is 0. The van der Waals surface area contributed by atoms with Crippen LogP contribution in [0.25, 0.3) is 0 Å². The average molecular weight is 671 g/mol. The van der Waals surface area contributed by atoms with Crippen LogP contribution in [0, 0.1) is 11.8 Å². The molecule has 0 aliphatic heterocycles. The Morgan fingerprint density at radius 2 is 0.553 bits per heavy atom. The van der Waals surface area contributed by atoms with Crippen LogP contribution >= 0.6 is 0 Å². The third-order valence-electron chi connectivity index (χ3n) is 8.09. The molecule has 0 bridgehead atoms. The molecular formula is C34H74Br2N2. The molecule has 2 nitrogen and oxygen atoms in total. The predicted molar refractivity (Wildman–Crippen MR) is 166 cm³/mol. The molecule has 4 heteroatoms. The van der Waals surface area contributed by atoms with Crippen molar-refractivity contribution in [2.75, 3.05) is 55.4 Å². The van der Waals surface area contributed by atoms with Crippen LogP contribution in [0.1, 0.15) is 155 Å². The maximum Gasteiger partial charge on any atom is 0.0813 e. The van der Waals surface area contributed by atoms with Gasteiger partial charge in [0.1, 0.15) is 0 Å². The number of unbranched alkanes of at least 4 members (excludes halogenated alkanes) is 18. The zero-order chi connectivity index (χ0) is 27.1. The summed E-state index contributed by atoms with van der Waals surface area (Å²) in [6, 6.07) is 0. The van der Waals surface area contributed by atoms with Crippen LogP contribution in [0.4, 0.5) is 0 Å². The molecule has 0 aromatic carbocycles. The third-order valence-corrected chi connectivity index (χ3v) is 8.09. The van der Waals surface area contributed by atoms with E-state index >= 15 is 0 Å². The van der Waals surface area contributed by atoms with Gasteiger partial charge in [0.25, 0.3) is 0 Å². The van der Waals surface area contributed by atoms with Gasteiger partial charge in [0.05, 0.1) is 55.4 Å². The fraction of sp³-hybridized carbons (Fsp3) is 1.00. The summed E-state index contributed by atoms with van der Waals surface area (Å²) in [5.41, 5.74) is 0. The Balaban J connectivity index is -0.00000612. The van der Waals surface area contributed by atoms with Crippen molar-refractivity contribution in [1.82, 2.24) is 0 Å². The molecule has 0 heterocycles. The van der Waals surface area contributed by atoms with Crippen molar-refractivity contribution in [2.45, 2.75) is 155 Å². The van der Waals surface area contributed by atoms with E-state index in [4.69, 9.17) is 0 Å². The monoisotopic (exact) mass is 668 g/mol. The van der Waals surface area contributed by atoms with E-state index in [0.29, 0.717) is 0 Å². The summed E-state index contributed by atoms with van der Waals surface area (Å²) in [5.74, 6) is 1.77. The SMILES string of the molecule is CCCCCCCCCCCCC(C[N+](C)(C)C)C(CCCCCCCCCCCC)C[N+](C)(C)C.[Br-].[Br-]. The molecule has 0 fully saturated rings. The van der Waals surface area contributed by atoms with Gasteiger partial charge in [0, 0.05) is 11.8 Å².